The van der Waals surface area contributed by atoms with Gasteiger partial charge in [0.1, 0.15) is 0 Å². The zero-order valence-electron chi connectivity index (χ0n) is 15.6. The first kappa shape index (κ1) is 19.6. The van der Waals surface area contributed by atoms with Crippen molar-refractivity contribution in [2.75, 3.05) is 5.33 Å². The molecule has 1 aliphatic rings. The van der Waals surface area contributed by atoms with E-state index in [0.29, 0.717) is 12.8 Å². The van der Waals surface area contributed by atoms with Crippen LogP contribution in [0.4, 0.5) is 4.79 Å². The van der Waals surface area contributed by atoms with E-state index in [1.54, 1.807) is 0 Å². The molecule has 2 aromatic rings. The summed E-state index contributed by atoms with van der Waals surface area (Å²) in [6, 6.07) is 19.0. The summed E-state index contributed by atoms with van der Waals surface area (Å²) in [6.45, 7) is 4.05. The maximum absolute atomic E-state index is 12.9. The molecule has 0 spiro atoms. The molecule has 142 valence electrons. The Hall–Kier alpha value is -2.14. The van der Waals surface area contributed by atoms with Gasteiger partial charge < -0.3 is 4.74 Å². The maximum Gasteiger partial charge on any atom is 0.418 e. The molecule has 1 atom stereocenters. The third-order valence-electron chi connectivity index (χ3n) is 4.97. The third kappa shape index (κ3) is 3.53. The number of hydrogen-bond acceptors (Lipinski definition) is 3. The smallest absolute Gasteiger partial charge is 0.418 e. The van der Waals surface area contributed by atoms with Gasteiger partial charge in [-0.05, 0) is 12.3 Å². The summed E-state index contributed by atoms with van der Waals surface area (Å²) in [6.07, 6.45) is 0.418. The van der Waals surface area contributed by atoms with Gasteiger partial charge in [0, 0.05) is 22.9 Å². The lowest BCUT2D eigenvalue weighted by atomic mass is 9.75. The predicted molar refractivity (Wildman–Crippen MR) is 109 cm³/mol. The van der Waals surface area contributed by atoms with Crippen molar-refractivity contribution in [3.8, 4) is 0 Å². The van der Waals surface area contributed by atoms with Gasteiger partial charge >= 0.3 is 6.09 Å². The van der Waals surface area contributed by atoms with E-state index < -0.39 is 17.7 Å². The van der Waals surface area contributed by atoms with Gasteiger partial charge in [-0.1, -0.05) is 90.4 Å². The van der Waals surface area contributed by atoms with E-state index in [2.05, 4.69) is 15.9 Å². The van der Waals surface area contributed by atoms with Crippen molar-refractivity contribution < 1.29 is 14.3 Å². The molecule has 1 aliphatic heterocycles. The summed E-state index contributed by atoms with van der Waals surface area (Å²) in [5, 5.41) is 0.719. The second kappa shape index (κ2) is 8.26. The van der Waals surface area contributed by atoms with Crippen molar-refractivity contribution in [2.24, 2.45) is 5.92 Å². The number of rotatable bonds is 6. The zero-order chi connectivity index (χ0) is 19.4. The van der Waals surface area contributed by atoms with Gasteiger partial charge in [-0.15, -0.1) is 0 Å². The highest BCUT2D eigenvalue weighted by atomic mass is 79.9. The van der Waals surface area contributed by atoms with Crippen molar-refractivity contribution in [3.05, 3.63) is 71.8 Å². The minimum Gasteiger partial charge on any atom is -0.430 e. The number of halogens is 1. The minimum atomic E-state index is -1.02. The van der Waals surface area contributed by atoms with Crippen LogP contribution in [-0.2, 0) is 15.1 Å². The van der Waals surface area contributed by atoms with E-state index in [0.717, 1.165) is 16.5 Å². The van der Waals surface area contributed by atoms with Crippen molar-refractivity contribution in [3.63, 3.8) is 0 Å². The van der Waals surface area contributed by atoms with E-state index in [1.165, 1.54) is 4.90 Å². The standard InChI is InChI=1S/C22H24BrNO3/c1-16(2)20-22(17-10-5-3-6-11-17,18-12-7-4-8-13-18)27-21(26)24(20)19(25)14-9-15-23/h3-8,10-13,16,20H,9,14-15H2,1-2H3. The SMILES string of the molecule is CC(C)C1N(C(=O)CCCBr)C(=O)OC1(c1ccccc1)c1ccccc1. The van der Waals surface area contributed by atoms with Crippen LogP contribution in [0, 0.1) is 5.92 Å². The Bertz CT molecular complexity index is 752. The molecule has 1 heterocycles. The van der Waals surface area contributed by atoms with Gasteiger partial charge in [0.05, 0.1) is 6.04 Å². The molecular weight excluding hydrogens is 406 g/mol. The maximum atomic E-state index is 12.9. The quantitative estimate of drug-likeness (QED) is 0.599. The molecular formula is C22H24BrNO3. The second-order valence-electron chi connectivity index (χ2n) is 7.08. The molecule has 1 fully saturated rings. The van der Waals surface area contributed by atoms with Crippen LogP contribution >= 0.6 is 15.9 Å². The Balaban J connectivity index is 2.18. The number of alkyl halides is 1. The van der Waals surface area contributed by atoms with E-state index in [1.807, 2.05) is 74.5 Å². The van der Waals surface area contributed by atoms with Crippen LogP contribution in [0.15, 0.2) is 60.7 Å². The van der Waals surface area contributed by atoms with Gasteiger partial charge in [0.2, 0.25) is 5.91 Å². The highest BCUT2D eigenvalue weighted by Gasteiger charge is 2.59. The van der Waals surface area contributed by atoms with Crippen LogP contribution in [0.2, 0.25) is 0 Å². The average Bonchev–Trinajstić information content (AvgIpc) is 3.02. The highest BCUT2D eigenvalue weighted by molar-refractivity contribution is 9.09. The van der Waals surface area contributed by atoms with Crippen LogP contribution in [0.5, 0.6) is 0 Å². The average molecular weight is 430 g/mol. The molecule has 1 saturated heterocycles. The van der Waals surface area contributed by atoms with Crippen molar-refractivity contribution in [1.82, 2.24) is 4.90 Å². The molecule has 0 aromatic heterocycles. The molecule has 0 N–H and O–H groups in total. The van der Waals surface area contributed by atoms with Crippen LogP contribution < -0.4 is 0 Å². The lowest BCUT2D eigenvalue weighted by molar-refractivity contribution is -0.130. The van der Waals surface area contributed by atoms with Crippen LogP contribution in [0.1, 0.15) is 37.8 Å². The van der Waals surface area contributed by atoms with E-state index in [9.17, 15) is 9.59 Å². The molecule has 0 radical (unpaired) electrons. The number of benzene rings is 2. The summed E-state index contributed by atoms with van der Waals surface area (Å²) in [5.74, 6) is -0.170. The second-order valence-corrected chi connectivity index (χ2v) is 7.87. The van der Waals surface area contributed by atoms with E-state index in [4.69, 9.17) is 4.74 Å². The van der Waals surface area contributed by atoms with Crippen LogP contribution in [-0.4, -0.2) is 28.3 Å². The molecule has 1 unspecified atom stereocenters. The molecule has 27 heavy (non-hydrogen) atoms. The zero-order valence-corrected chi connectivity index (χ0v) is 17.2. The number of imide groups is 1. The largest absolute Gasteiger partial charge is 0.430 e. The first-order valence-electron chi connectivity index (χ1n) is 9.24. The Labute approximate surface area is 168 Å². The molecule has 2 amide bonds. The van der Waals surface area contributed by atoms with Gasteiger partial charge in [-0.3, -0.25) is 4.79 Å². The Morgan fingerprint density at radius 2 is 1.59 bits per heavy atom. The predicted octanol–water partition coefficient (Wildman–Crippen LogP) is 5.11. The van der Waals surface area contributed by atoms with Crippen molar-refractivity contribution >= 4 is 27.9 Å². The van der Waals surface area contributed by atoms with E-state index in [-0.39, 0.29) is 11.8 Å². The first-order chi connectivity index (χ1) is 13.0. The fraction of sp³-hybridized carbons (Fsp3) is 0.364. The normalized spacial score (nSPS) is 18.6. The molecule has 4 nitrogen and oxygen atoms in total. The summed E-state index contributed by atoms with van der Waals surface area (Å²) >= 11 is 3.35. The Morgan fingerprint density at radius 1 is 1.07 bits per heavy atom. The van der Waals surface area contributed by atoms with Gasteiger partial charge in [0.15, 0.2) is 5.60 Å². The van der Waals surface area contributed by atoms with Gasteiger partial charge in [-0.2, -0.15) is 0 Å². The fourth-order valence-corrected chi connectivity index (χ4v) is 4.18. The number of hydrogen-bond donors (Lipinski definition) is 0. The monoisotopic (exact) mass is 429 g/mol. The number of amides is 2. The van der Waals surface area contributed by atoms with E-state index >= 15 is 0 Å². The number of ether oxygens (including phenoxy) is 1. The number of carbonyl (C=O) groups excluding carboxylic acids is 2. The number of nitrogens with zero attached hydrogens (tertiary/aromatic N) is 1. The molecule has 0 aliphatic carbocycles. The van der Waals surface area contributed by atoms with Crippen LogP contribution in [0.3, 0.4) is 0 Å². The molecule has 3 rings (SSSR count). The molecule has 0 saturated carbocycles. The third-order valence-corrected chi connectivity index (χ3v) is 5.53. The summed E-state index contributed by atoms with van der Waals surface area (Å²) < 4.78 is 6.06. The lowest BCUT2D eigenvalue weighted by Gasteiger charge is -2.37. The van der Waals surface area contributed by atoms with Crippen LogP contribution in [0.25, 0.3) is 0 Å². The topological polar surface area (TPSA) is 46.6 Å². The summed E-state index contributed by atoms with van der Waals surface area (Å²) in [4.78, 5) is 27.2. The van der Waals surface area contributed by atoms with Gasteiger partial charge in [0.25, 0.3) is 0 Å². The van der Waals surface area contributed by atoms with Gasteiger partial charge in [-0.25, -0.2) is 9.69 Å². The summed E-state index contributed by atoms with van der Waals surface area (Å²) in [7, 11) is 0. The number of cyclic esters (lactones) is 1. The van der Waals surface area contributed by atoms with Crippen molar-refractivity contribution in [1.29, 1.82) is 0 Å². The van der Waals surface area contributed by atoms with Crippen molar-refractivity contribution in [2.45, 2.75) is 38.3 Å². The Kier molecular flexibility index (Phi) is 6.00. The molecule has 0 bridgehead atoms. The first-order valence-corrected chi connectivity index (χ1v) is 10.4. The highest BCUT2D eigenvalue weighted by Crippen LogP contribution is 2.47. The minimum absolute atomic E-state index is 0.0183. The fourth-order valence-electron chi connectivity index (χ4n) is 3.90. The lowest BCUT2D eigenvalue weighted by Crippen LogP contribution is -2.49. The number of carbonyl (C=O) groups is 2. The molecule has 2 aromatic carbocycles. The summed E-state index contributed by atoms with van der Waals surface area (Å²) in [5.41, 5.74) is 0.732. The molecule has 5 heteroatoms. The Morgan fingerprint density at radius 3 is 2.04 bits per heavy atom.